The van der Waals surface area contributed by atoms with Crippen LogP contribution in [0.15, 0.2) is 17.5 Å². The molecule has 0 amide bonds. The maximum Gasteiger partial charge on any atom is 0.0615 e. The zero-order chi connectivity index (χ0) is 7.40. The maximum atomic E-state index is 8.47. The van der Waals surface area contributed by atoms with E-state index in [9.17, 15) is 0 Å². The van der Waals surface area contributed by atoms with E-state index in [4.69, 9.17) is 5.11 Å². The van der Waals surface area contributed by atoms with Gasteiger partial charge < -0.3 is 5.11 Å². The summed E-state index contributed by atoms with van der Waals surface area (Å²) in [6, 6.07) is 2.05. The number of thiophene rings is 1. The highest BCUT2D eigenvalue weighted by Crippen LogP contribution is 2.15. The molecule has 0 saturated heterocycles. The van der Waals surface area contributed by atoms with Crippen LogP contribution in [-0.4, -0.2) is 11.7 Å². The summed E-state index contributed by atoms with van der Waals surface area (Å²) in [5, 5.41) is 10.5. The van der Waals surface area contributed by atoms with Crippen molar-refractivity contribution < 1.29 is 5.11 Å². The van der Waals surface area contributed by atoms with E-state index in [1.165, 1.54) is 10.4 Å². The minimum atomic E-state index is 0.120. The van der Waals surface area contributed by atoms with Gasteiger partial charge in [0.15, 0.2) is 0 Å². The monoisotopic (exact) mass is 154 g/mol. The van der Waals surface area contributed by atoms with Crippen molar-refractivity contribution in [3.63, 3.8) is 0 Å². The van der Waals surface area contributed by atoms with E-state index < -0.39 is 0 Å². The van der Waals surface area contributed by atoms with Crippen molar-refractivity contribution >= 4 is 17.4 Å². The van der Waals surface area contributed by atoms with Gasteiger partial charge in [0.25, 0.3) is 0 Å². The van der Waals surface area contributed by atoms with Gasteiger partial charge in [0, 0.05) is 4.88 Å². The molecule has 0 aliphatic carbocycles. The molecule has 1 N–H and O–H groups in total. The highest BCUT2D eigenvalue weighted by molar-refractivity contribution is 7.10. The van der Waals surface area contributed by atoms with Crippen LogP contribution in [0, 0.1) is 6.92 Å². The van der Waals surface area contributed by atoms with Crippen LogP contribution in [0.1, 0.15) is 10.4 Å². The molecule has 10 heavy (non-hydrogen) atoms. The summed E-state index contributed by atoms with van der Waals surface area (Å²) in [6.07, 6.45) is 3.68. The molecule has 0 aromatic carbocycles. The van der Waals surface area contributed by atoms with E-state index in [0.717, 1.165) is 0 Å². The topological polar surface area (TPSA) is 20.2 Å². The van der Waals surface area contributed by atoms with Gasteiger partial charge in [-0.3, -0.25) is 0 Å². The quantitative estimate of drug-likeness (QED) is 0.691. The molecular weight excluding hydrogens is 144 g/mol. The number of aliphatic hydroxyl groups excluding tert-OH is 1. The predicted octanol–water partition coefficient (Wildman–Crippen LogP) is 2.06. The van der Waals surface area contributed by atoms with Gasteiger partial charge in [-0.2, -0.15) is 0 Å². The van der Waals surface area contributed by atoms with Gasteiger partial charge in [-0.05, 0) is 23.9 Å². The first-order valence-corrected chi connectivity index (χ1v) is 4.04. The van der Waals surface area contributed by atoms with E-state index in [1.807, 2.05) is 17.5 Å². The Hall–Kier alpha value is -0.600. The van der Waals surface area contributed by atoms with Crippen LogP contribution in [0.3, 0.4) is 0 Å². The van der Waals surface area contributed by atoms with Gasteiger partial charge in [0.2, 0.25) is 0 Å². The Labute approximate surface area is 64.6 Å². The van der Waals surface area contributed by atoms with Crippen molar-refractivity contribution in [1.29, 1.82) is 0 Å². The van der Waals surface area contributed by atoms with Crippen molar-refractivity contribution in [1.82, 2.24) is 0 Å². The average molecular weight is 154 g/mol. The van der Waals surface area contributed by atoms with E-state index in [1.54, 1.807) is 17.4 Å². The standard InChI is InChI=1S/C8H10OS/c1-7-8(3-2-5-9)4-6-10-7/h2-4,6,9H,5H2,1H3. The lowest BCUT2D eigenvalue weighted by Gasteiger charge is -1.86. The number of rotatable bonds is 2. The van der Waals surface area contributed by atoms with Crippen molar-refractivity contribution in [2.75, 3.05) is 6.61 Å². The fraction of sp³-hybridized carbons (Fsp3) is 0.250. The average Bonchev–Trinajstić information content (AvgIpc) is 2.31. The van der Waals surface area contributed by atoms with Crippen LogP contribution in [-0.2, 0) is 0 Å². The van der Waals surface area contributed by atoms with E-state index in [0.29, 0.717) is 0 Å². The van der Waals surface area contributed by atoms with E-state index >= 15 is 0 Å². The second-order valence-corrected chi connectivity index (χ2v) is 3.14. The molecule has 0 saturated carbocycles. The van der Waals surface area contributed by atoms with Gasteiger partial charge in [-0.15, -0.1) is 11.3 Å². The molecule has 0 fully saturated rings. The Morgan fingerprint density at radius 2 is 2.50 bits per heavy atom. The lowest BCUT2D eigenvalue weighted by Crippen LogP contribution is -1.72. The summed E-state index contributed by atoms with van der Waals surface area (Å²) in [5.74, 6) is 0. The van der Waals surface area contributed by atoms with Gasteiger partial charge in [0.05, 0.1) is 6.61 Å². The summed E-state index contributed by atoms with van der Waals surface area (Å²) >= 11 is 1.72. The lowest BCUT2D eigenvalue weighted by molar-refractivity contribution is 0.343. The largest absolute Gasteiger partial charge is 0.392 e. The minimum Gasteiger partial charge on any atom is -0.392 e. The summed E-state index contributed by atoms with van der Waals surface area (Å²) in [7, 11) is 0. The smallest absolute Gasteiger partial charge is 0.0615 e. The molecule has 0 unspecified atom stereocenters. The van der Waals surface area contributed by atoms with Crippen molar-refractivity contribution in [3.05, 3.63) is 28.0 Å². The Bertz CT molecular complexity index is 225. The number of hydrogen-bond donors (Lipinski definition) is 1. The molecule has 2 heteroatoms. The van der Waals surface area contributed by atoms with Crippen LogP contribution in [0.2, 0.25) is 0 Å². The second-order valence-electron chi connectivity index (χ2n) is 2.02. The highest BCUT2D eigenvalue weighted by Gasteiger charge is 1.91. The fourth-order valence-electron chi connectivity index (χ4n) is 0.747. The van der Waals surface area contributed by atoms with Crippen molar-refractivity contribution in [2.24, 2.45) is 0 Å². The Morgan fingerprint density at radius 1 is 1.70 bits per heavy atom. The molecule has 1 nitrogen and oxygen atoms in total. The van der Waals surface area contributed by atoms with Crippen LogP contribution in [0.25, 0.3) is 6.08 Å². The molecular formula is C8H10OS. The van der Waals surface area contributed by atoms with Crippen molar-refractivity contribution in [2.45, 2.75) is 6.92 Å². The Balaban J connectivity index is 2.74. The molecule has 0 aliphatic rings. The summed E-state index contributed by atoms with van der Waals surface area (Å²) in [6.45, 7) is 2.19. The zero-order valence-electron chi connectivity index (χ0n) is 5.87. The molecule has 0 atom stereocenters. The molecule has 54 valence electrons. The van der Waals surface area contributed by atoms with Crippen LogP contribution < -0.4 is 0 Å². The van der Waals surface area contributed by atoms with Crippen LogP contribution >= 0.6 is 11.3 Å². The first-order chi connectivity index (χ1) is 4.84. The van der Waals surface area contributed by atoms with Gasteiger partial charge in [-0.25, -0.2) is 0 Å². The van der Waals surface area contributed by atoms with Crippen LogP contribution in [0.4, 0.5) is 0 Å². The lowest BCUT2D eigenvalue weighted by atomic mass is 10.2. The van der Waals surface area contributed by atoms with E-state index in [-0.39, 0.29) is 6.61 Å². The van der Waals surface area contributed by atoms with Gasteiger partial charge in [-0.1, -0.05) is 12.2 Å². The molecule has 0 radical (unpaired) electrons. The normalized spacial score (nSPS) is 11.0. The SMILES string of the molecule is Cc1sccc1C=CCO. The highest BCUT2D eigenvalue weighted by atomic mass is 32.1. The zero-order valence-corrected chi connectivity index (χ0v) is 6.69. The first-order valence-electron chi connectivity index (χ1n) is 3.16. The summed E-state index contributed by atoms with van der Waals surface area (Å²) in [4.78, 5) is 1.30. The predicted molar refractivity (Wildman–Crippen MR) is 45.2 cm³/mol. The third-order valence-corrected chi connectivity index (χ3v) is 2.16. The molecule has 1 heterocycles. The summed E-state index contributed by atoms with van der Waals surface area (Å²) < 4.78 is 0. The molecule has 0 spiro atoms. The van der Waals surface area contributed by atoms with Gasteiger partial charge >= 0.3 is 0 Å². The molecule has 1 aromatic rings. The second kappa shape index (κ2) is 3.54. The third-order valence-electron chi connectivity index (χ3n) is 1.30. The first kappa shape index (κ1) is 7.51. The Kier molecular flexibility index (Phi) is 2.66. The number of hydrogen-bond acceptors (Lipinski definition) is 2. The molecule has 0 aliphatic heterocycles. The van der Waals surface area contributed by atoms with Crippen molar-refractivity contribution in [3.8, 4) is 0 Å². The minimum absolute atomic E-state index is 0.120. The molecule has 1 aromatic heterocycles. The Morgan fingerprint density at radius 3 is 3.00 bits per heavy atom. The molecule has 0 bridgehead atoms. The molecule has 1 rings (SSSR count). The van der Waals surface area contributed by atoms with Crippen LogP contribution in [0.5, 0.6) is 0 Å². The number of aliphatic hydroxyl groups is 1. The maximum absolute atomic E-state index is 8.47. The van der Waals surface area contributed by atoms with Gasteiger partial charge in [0.1, 0.15) is 0 Å². The fourth-order valence-corrected chi connectivity index (χ4v) is 1.44. The third kappa shape index (κ3) is 1.69. The summed E-state index contributed by atoms with van der Waals surface area (Å²) in [5.41, 5.74) is 1.21. The van der Waals surface area contributed by atoms with E-state index in [2.05, 4.69) is 6.92 Å². The number of aryl methyl sites for hydroxylation is 1.